The van der Waals surface area contributed by atoms with Crippen molar-refractivity contribution in [2.75, 3.05) is 33.2 Å². The molecule has 0 aromatic carbocycles. The number of aromatic nitrogens is 1. The molecule has 1 aromatic heterocycles. The van der Waals surface area contributed by atoms with E-state index in [0.717, 1.165) is 10.0 Å². The van der Waals surface area contributed by atoms with Gasteiger partial charge in [0.1, 0.15) is 0 Å². The van der Waals surface area contributed by atoms with Crippen LogP contribution in [0.4, 0.5) is 5.13 Å². The third kappa shape index (κ3) is 2.96. The molecule has 1 heterocycles. The Bertz CT molecular complexity index is 399. The van der Waals surface area contributed by atoms with Crippen LogP contribution < -0.4 is 9.64 Å². The Morgan fingerprint density at radius 3 is 2.62 bits per heavy atom. The first-order valence-corrected chi connectivity index (χ1v) is 5.38. The summed E-state index contributed by atoms with van der Waals surface area (Å²) in [7, 11) is 6.67. The standard InChI is InChI=1S/C10H14N2O3S/c1-12(2)10-11-9(15-4)7(16-10)5-6-8(13)14-3/h5-6H,1-4H3/b6-5+. The van der Waals surface area contributed by atoms with Crippen molar-refractivity contribution >= 4 is 28.5 Å². The first-order chi connectivity index (χ1) is 7.58. The first kappa shape index (κ1) is 12.5. The number of thiazole rings is 1. The highest BCUT2D eigenvalue weighted by Gasteiger charge is 2.10. The van der Waals surface area contributed by atoms with Gasteiger partial charge in [0.25, 0.3) is 0 Å². The third-order valence-electron chi connectivity index (χ3n) is 1.76. The minimum Gasteiger partial charge on any atom is -0.480 e. The topological polar surface area (TPSA) is 51.7 Å². The van der Waals surface area contributed by atoms with Gasteiger partial charge in [-0.2, -0.15) is 4.98 Å². The minimum atomic E-state index is -0.401. The van der Waals surface area contributed by atoms with Crippen LogP contribution in [0.2, 0.25) is 0 Å². The monoisotopic (exact) mass is 242 g/mol. The van der Waals surface area contributed by atoms with Crippen molar-refractivity contribution in [2.45, 2.75) is 0 Å². The second-order valence-corrected chi connectivity index (χ2v) is 4.13. The number of carbonyl (C=O) groups excluding carboxylic acids is 1. The van der Waals surface area contributed by atoms with Gasteiger partial charge in [-0.3, -0.25) is 0 Å². The number of ether oxygens (including phenoxy) is 2. The van der Waals surface area contributed by atoms with Gasteiger partial charge in [-0.25, -0.2) is 4.79 Å². The maximum absolute atomic E-state index is 10.9. The van der Waals surface area contributed by atoms with E-state index in [2.05, 4.69) is 9.72 Å². The van der Waals surface area contributed by atoms with Crippen LogP contribution in [0.1, 0.15) is 4.88 Å². The number of methoxy groups -OCH3 is 2. The van der Waals surface area contributed by atoms with Gasteiger partial charge in [-0.05, 0) is 6.08 Å². The molecule has 0 N–H and O–H groups in total. The van der Waals surface area contributed by atoms with Gasteiger partial charge in [-0.15, -0.1) is 0 Å². The molecule has 0 amide bonds. The molecule has 16 heavy (non-hydrogen) atoms. The Hall–Kier alpha value is -1.56. The Kier molecular flexibility index (Phi) is 4.30. The van der Waals surface area contributed by atoms with Gasteiger partial charge in [0, 0.05) is 20.2 Å². The van der Waals surface area contributed by atoms with Crippen molar-refractivity contribution in [3.63, 3.8) is 0 Å². The molecule has 0 spiro atoms. The van der Waals surface area contributed by atoms with Crippen molar-refractivity contribution in [3.8, 4) is 5.88 Å². The van der Waals surface area contributed by atoms with Gasteiger partial charge in [0.2, 0.25) is 5.88 Å². The van der Waals surface area contributed by atoms with Crippen LogP contribution >= 0.6 is 11.3 Å². The Morgan fingerprint density at radius 2 is 2.12 bits per heavy atom. The predicted octanol–water partition coefficient (Wildman–Crippen LogP) is 1.40. The van der Waals surface area contributed by atoms with Crippen molar-refractivity contribution in [1.29, 1.82) is 0 Å². The Balaban J connectivity index is 2.94. The molecule has 0 saturated heterocycles. The van der Waals surface area contributed by atoms with Crippen LogP contribution in [0, 0.1) is 0 Å². The summed E-state index contributed by atoms with van der Waals surface area (Å²) in [5, 5.41) is 0.821. The Labute approximate surface area is 98.3 Å². The number of hydrogen-bond acceptors (Lipinski definition) is 6. The summed E-state index contributed by atoms with van der Waals surface area (Å²) < 4.78 is 9.62. The number of rotatable bonds is 4. The minimum absolute atomic E-state index is 0.401. The maximum atomic E-state index is 10.9. The molecule has 0 atom stereocenters. The van der Waals surface area contributed by atoms with Gasteiger partial charge in [0.15, 0.2) is 5.13 Å². The molecule has 1 aromatic rings. The van der Waals surface area contributed by atoms with Crippen molar-refractivity contribution in [3.05, 3.63) is 11.0 Å². The fraction of sp³-hybridized carbons (Fsp3) is 0.400. The molecule has 0 saturated carbocycles. The zero-order chi connectivity index (χ0) is 12.1. The molecular formula is C10H14N2O3S. The second kappa shape index (κ2) is 5.50. The smallest absolute Gasteiger partial charge is 0.330 e. The number of carbonyl (C=O) groups is 1. The molecule has 0 aliphatic rings. The largest absolute Gasteiger partial charge is 0.480 e. The SMILES string of the molecule is COC(=O)/C=C/c1sc(N(C)C)nc1OC. The van der Waals surface area contributed by atoms with Gasteiger partial charge in [0.05, 0.1) is 19.1 Å². The molecule has 0 aliphatic carbocycles. The van der Waals surface area contributed by atoms with Crippen LogP contribution in [-0.4, -0.2) is 39.3 Å². The van der Waals surface area contributed by atoms with Gasteiger partial charge >= 0.3 is 5.97 Å². The summed E-state index contributed by atoms with van der Waals surface area (Å²) in [6, 6.07) is 0. The van der Waals surface area contributed by atoms with Gasteiger partial charge < -0.3 is 14.4 Å². The lowest BCUT2D eigenvalue weighted by Gasteiger charge is -2.04. The summed E-state index contributed by atoms with van der Waals surface area (Å²) in [5.41, 5.74) is 0. The lowest BCUT2D eigenvalue weighted by Crippen LogP contribution is -2.07. The van der Waals surface area contributed by atoms with Crippen LogP contribution in [-0.2, 0) is 9.53 Å². The van der Waals surface area contributed by atoms with Crippen LogP contribution in [0.5, 0.6) is 5.88 Å². The third-order valence-corrected chi connectivity index (χ3v) is 2.93. The van der Waals surface area contributed by atoms with Crippen LogP contribution in [0.15, 0.2) is 6.08 Å². The molecular weight excluding hydrogens is 228 g/mol. The van der Waals surface area contributed by atoms with E-state index >= 15 is 0 Å². The summed E-state index contributed by atoms with van der Waals surface area (Å²) in [5.74, 6) is 0.107. The second-order valence-electron chi connectivity index (χ2n) is 3.12. The molecule has 0 unspecified atom stereocenters. The van der Waals surface area contributed by atoms with E-state index in [1.165, 1.54) is 24.5 Å². The lowest BCUT2D eigenvalue weighted by molar-refractivity contribution is -0.134. The van der Waals surface area contributed by atoms with E-state index in [1.54, 1.807) is 13.2 Å². The molecule has 0 fully saturated rings. The quantitative estimate of drug-likeness (QED) is 0.590. The normalized spacial score (nSPS) is 10.5. The highest BCUT2D eigenvalue weighted by Crippen LogP contribution is 2.31. The summed E-state index contributed by atoms with van der Waals surface area (Å²) in [6.45, 7) is 0. The molecule has 5 nitrogen and oxygen atoms in total. The highest BCUT2D eigenvalue weighted by atomic mass is 32.1. The van der Waals surface area contributed by atoms with Crippen LogP contribution in [0.25, 0.3) is 6.08 Å². The van der Waals surface area contributed by atoms with E-state index in [9.17, 15) is 4.79 Å². The number of hydrogen-bond donors (Lipinski definition) is 0. The first-order valence-electron chi connectivity index (χ1n) is 4.56. The van der Waals surface area contributed by atoms with Crippen molar-refractivity contribution < 1.29 is 14.3 Å². The Morgan fingerprint density at radius 1 is 1.44 bits per heavy atom. The zero-order valence-corrected chi connectivity index (χ0v) is 10.5. The van der Waals surface area contributed by atoms with Crippen molar-refractivity contribution in [1.82, 2.24) is 4.98 Å². The molecule has 6 heteroatoms. The molecule has 0 aliphatic heterocycles. The number of nitrogens with zero attached hydrogens (tertiary/aromatic N) is 2. The highest BCUT2D eigenvalue weighted by molar-refractivity contribution is 7.16. The van der Waals surface area contributed by atoms with Crippen LogP contribution in [0.3, 0.4) is 0 Å². The average Bonchev–Trinajstić information content (AvgIpc) is 2.69. The zero-order valence-electron chi connectivity index (χ0n) is 9.68. The summed E-state index contributed by atoms with van der Waals surface area (Å²) in [6.07, 6.45) is 2.98. The van der Waals surface area contributed by atoms with Gasteiger partial charge in [-0.1, -0.05) is 11.3 Å². The number of anilines is 1. The van der Waals surface area contributed by atoms with E-state index < -0.39 is 5.97 Å². The van der Waals surface area contributed by atoms with E-state index in [4.69, 9.17) is 4.74 Å². The average molecular weight is 242 g/mol. The lowest BCUT2D eigenvalue weighted by atomic mass is 10.4. The van der Waals surface area contributed by atoms with Crippen molar-refractivity contribution in [2.24, 2.45) is 0 Å². The number of esters is 1. The molecule has 88 valence electrons. The summed E-state index contributed by atoms with van der Waals surface area (Å²) in [4.78, 5) is 17.9. The molecule has 0 radical (unpaired) electrons. The molecule has 1 rings (SSSR count). The molecule has 0 bridgehead atoms. The maximum Gasteiger partial charge on any atom is 0.330 e. The predicted molar refractivity (Wildman–Crippen MR) is 64.0 cm³/mol. The van der Waals surface area contributed by atoms with E-state index in [-0.39, 0.29) is 0 Å². The van der Waals surface area contributed by atoms with E-state index in [0.29, 0.717) is 5.88 Å². The fourth-order valence-corrected chi connectivity index (χ4v) is 1.82. The fourth-order valence-electron chi connectivity index (χ4n) is 0.961. The van der Waals surface area contributed by atoms with E-state index in [1.807, 2.05) is 19.0 Å². The summed E-state index contributed by atoms with van der Waals surface area (Å²) >= 11 is 1.44.